The van der Waals surface area contributed by atoms with Crippen LogP contribution < -0.4 is 5.32 Å². The summed E-state index contributed by atoms with van der Waals surface area (Å²) in [5, 5.41) is 3.33. The highest BCUT2D eigenvalue weighted by molar-refractivity contribution is 9.11. The van der Waals surface area contributed by atoms with Gasteiger partial charge in [-0.1, -0.05) is 0 Å². The van der Waals surface area contributed by atoms with Gasteiger partial charge < -0.3 is 10.1 Å². The van der Waals surface area contributed by atoms with Gasteiger partial charge >= 0.3 is 0 Å². The highest BCUT2D eigenvalue weighted by Gasteiger charge is 2.16. The van der Waals surface area contributed by atoms with Crippen molar-refractivity contribution in [3.63, 3.8) is 0 Å². The number of anilines is 1. The number of nitrogens with zero attached hydrogens (tertiary/aromatic N) is 1. The summed E-state index contributed by atoms with van der Waals surface area (Å²) < 4.78 is 7.22. The van der Waals surface area contributed by atoms with E-state index in [0.717, 1.165) is 34.4 Å². The fourth-order valence-corrected chi connectivity index (χ4v) is 2.46. The fourth-order valence-electron chi connectivity index (χ4n) is 1.36. The molecule has 1 unspecified atom stereocenters. The van der Waals surface area contributed by atoms with Crippen LogP contribution in [0, 0.1) is 0 Å². The van der Waals surface area contributed by atoms with Crippen molar-refractivity contribution in [1.82, 2.24) is 4.98 Å². The lowest BCUT2D eigenvalue weighted by Crippen LogP contribution is -2.19. The van der Waals surface area contributed by atoms with Crippen molar-refractivity contribution >= 4 is 37.7 Å². The Morgan fingerprint density at radius 1 is 1.50 bits per heavy atom. The van der Waals surface area contributed by atoms with Crippen LogP contribution in [0.1, 0.15) is 6.42 Å². The van der Waals surface area contributed by atoms with Crippen LogP contribution in [0.3, 0.4) is 0 Å². The number of hydrogen-bond acceptors (Lipinski definition) is 3. The third kappa shape index (κ3) is 2.46. The zero-order valence-electron chi connectivity index (χ0n) is 7.46. The molecule has 0 bridgehead atoms. The molecule has 1 saturated heterocycles. The topological polar surface area (TPSA) is 34.2 Å². The number of halogens is 2. The van der Waals surface area contributed by atoms with Gasteiger partial charge in [-0.25, -0.2) is 4.98 Å². The van der Waals surface area contributed by atoms with Gasteiger partial charge in [0.25, 0.3) is 0 Å². The van der Waals surface area contributed by atoms with Crippen molar-refractivity contribution in [3.8, 4) is 0 Å². The minimum absolute atomic E-state index is 0.389. The lowest BCUT2D eigenvalue weighted by molar-refractivity contribution is 0.195. The van der Waals surface area contributed by atoms with E-state index >= 15 is 0 Å². The van der Waals surface area contributed by atoms with Crippen molar-refractivity contribution < 1.29 is 4.74 Å². The first-order chi connectivity index (χ1) is 6.75. The third-order valence-electron chi connectivity index (χ3n) is 2.08. The molecule has 76 valence electrons. The molecule has 14 heavy (non-hydrogen) atoms. The Labute approximate surface area is 99.5 Å². The number of hydrogen-bond donors (Lipinski definition) is 1. The maximum atomic E-state index is 5.28. The summed E-state index contributed by atoms with van der Waals surface area (Å²) in [5.74, 6) is 0.878. The standard InChI is InChI=1S/C9H10Br2N2O/c10-6-3-8(11)9(12-4-6)13-7-1-2-14-5-7/h3-4,7H,1-2,5H2,(H,12,13). The molecule has 1 aliphatic rings. The normalized spacial score (nSPS) is 21.1. The average molecular weight is 322 g/mol. The van der Waals surface area contributed by atoms with Gasteiger partial charge in [-0.15, -0.1) is 0 Å². The van der Waals surface area contributed by atoms with E-state index in [-0.39, 0.29) is 0 Å². The Bertz CT molecular complexity index is 327. The predicted octanol–water partition coefficient (Wildman–Crippen LogP) is 2.81. The number of nitrogens with one attached hydrogen (secondary N) is 1. The van der Waals surface area contributed by atoms with E-state index in [1.54, 1.807) is 6.20 Å². The summed E-state index contributed by atoms with van der Waals surface area (Å²) in [6, 6.07) is 2.37. The molecule has 0 radical (unpaired) electrons. The summed E-state index contributed by atoms with van der Waals surface area (Å²) in [5.41, 5.74) is 0. The molecule has 0 aliphatic carbocycles. The van der Waals surface area contributed by atoms with Crippen LogP contribution in [0.5, 0.6) is 0 Å². The van der Waals surface area contributed by atoms with Gasteiger partial charge in [0.05, 0.1) is 17.1 Å². The molecule has 0 amide bonds. The third-order valence-corrected chi connectivity index (χ3v) is 3.12. The largest absolute Gasteiger partial charge is 0.379 e. The molecule has 0 spiro atoms. The molecule has 2 heterocycles. The van der Waals surface area contributed by atoms with Crippen LogP contribution in [0.2, 0.25) is 0 Å². The molecule has 3 nitrogen and oxygen atoms in total. The molecule has 0 aromatic carbocycles. The van der Waals surface area contributed by atoms with E-state index in [1.807, 2.05) is 6.07 Å². The van der Waals surface area contributed by atoms with Crippen molar-refractivity contribution in [2.45, 2.75) is 12.5 Å². The molecule has 1 fully saturated rings. The smallest absolute Gasteiger partial charge is 0.140 e. The molecule has 1 aromatic rings. The summed E-state index contributed by atoms with van der Waals surface area (Å²) in [4.78, 5) is 4.28. The Morgan fingerprint density at radius 3 is 3.00 bits per heavy atom. The van der Waals surface area contributed by atoms with Gasteiger partial charge in [-0.05, 0) is 44.3 Å². The molecule has 1 aromatic heterocycles. The first kappa shape index (κ1) is 10.4. The number of pyridine rings is 1. The van der Waals surface area contributed by atoms with Crippen molar-refractivity contribution in [3.05, 3.63) is 21.2 Å². The van der Waals surface area contributed by atoms with E-state index in [2.05, 4.69) is 42.2 Å². The van der Waals surface area contributed by atoms with Crippen molar-refractivity contribution in [2.75, 3.05) is 18.5 Å². The summed E-state index contributed by atoms with van der Waals surface area (Å²) in [7, 11) is 0. The van der Waals surface area contributed by atoms with Crippen molar-refractivity contribution in [2.24, 2.45) is 0 Å². The molecular formula is C9H10Br2N2O. The Balaban J connectivity index is 2.08. The van der Waals surface area contributed by atoms with Gasteiger partial charge in [0.2, 0.25) is 0 Å². The molecule has 1 N–H and O–H groups in total. The second-order valence-corrected chi connectivity index (χ2v) is 4.96. The van der Waals surface area contributed by atoms with Gasteiger partial charge in [0.1, 0.15) is 5.82 Å². The van der Waals surface area contributed by atoms with E-state index in [4.69, 9.17) is 4.74 Å². The minimum Gasteiger partial charge on any atom is -0.379 e. The maximum Gasteiger partial charge on any atom is 0.140 e. The van der Waals surface area contributed by atoms with E-state index in [0.29, 0.717) is 6.04 Å². The highest BCUT2D eigenvalue weighted by atomic mass is 79.9. The van der Waals surface area contributed by atoms with Crippen LogP contribution in [-0.2, 0) is 4.74 Å². The molecule has 0 saturated carbocycles. The van der Waals surface area contributed by atoms with E-state index in [9.17, 15) is 0 Å². The maximum absolute atomic E-state index is 5.28. The second kappa shape index (κ2) is 4.59. The second-order valence-electron chi connectivity index (χ2n) is 3.19. The average Bonchev–Trinajstić information content (AvgIpc) is 2.62. The molecule has 2 rings (SSSR count). The molecule has 1 aliphatic heterocycles. The summed E-state index contributed by atoms with van der Waals surface area (Å²) >= 11 is 6.82. The van der Waals surface area contributed by atoms with Gasteiger partial charge in [0, 0.05) is 17.3 Å². The number of aromatic nitrogens is 1. The number of ether oxygens (including phenoxy) is 1. The van der Waals surface area contributed by atoms with Crippen LogP contribution >= 0.6 is 31.9 Å². The van der Waals surface area contributed by atoms with Crippen LogP contribution in [-0.4, -0.2) is 24.2 Å². The van der Waals surface area contributed by atoms with E-state index < -0.39 is 0 Å². The molecular weight excluding hydrogens is 312 g/mol. The Morgan fingerprint density at radius 2 is 2.36 bits per heavy atom. The SMILES string of the molecule is Brc1cnc(NC2CCOC2)c(Br)c1. The lowest BCUT2D eigenvalue weighted by atomic mass is 10.2. The van der Waals surface area contributed by atoms with Crippen LogP contribution in [0.4, 0.5) is 5.82 Å². The monoisotopic (exact) mass is 320 g/mol. The first-order valence-electron chi connectivity index (χ1n) is 4.41. The predicted molar refractivity (Wildman–Crippen MR) is 62.5 cm³/mol. The summed E-state index contributed by atoms with van der Waals surface area (Å²) in [6.45, 7) is 1.61. The zero-order valence-corrected chi connectivity index (χ0v) is 10.6. The molecule has 1 atom stereocenters. The molecule has 5 heteroatoms. The van der Waals surface area contributed by atoms with Gasteiger partial charge in [0.15, 0.2) is 0 Å². The zero-order chi connectivity index (χ0) is 9.97. The Hall–Kier alpha value is -0.130. The van der Waals surface area contributed by atoms with Crippen LogP contribution in [0.15, 0.2) is 21.2 Å². The lowest BCUT2D eigenvalue weighted by Gasteiger charge is -2.12. The highest BCUT2D eigenvalue weighted by Crippen LogP contribution is 2.24. The fraction of sp³-hybridized carbons (Fsp3) is 0.444. The Kier molecular flexibility index (Phi) is 3.41. The first-order valence-corrected chi connectivity index (χ1v) is 5.99. The summed E-state index contributed by atoms with van der Waals surface area (Å²) in [6.07, 6.45) is 2.83. The van der Waals surface area contributed by atoms with Gasteiger partial charge in [-0.3, -0.25) is 0 Å². The quantitative estimate of drug-likeness (QED) is 0.909. The minimum atomic E-state index is 0.389. The van der Waals surface area contributed by atoms with Gasteiger partial charge in [-0.2, -0.15) is 0 Å². The van der Waals surface area contributed by atoms with E-state index in [1.165, 1.54) is 0 Å². The van der Waals surface area contributed by atoms with Crippen LogP contribution in [0.25, 0.3) is 0 Å². The number of rotatable bonds is 2. The van der Waals surface area contributed by atoms with Crippen molar-refractivity contribution in [1.29, 1.82) is 0 Å².